The van der Waals surface area contributed by atoms with Gasteiger partial charge in [-0.15, -0.1) is 0 Å². The molecule has 1 aliphatic rings. The molecule has 0 aromatic heterocycles. The van der Waals surface area contributed by atoms with Gasteiger partial charge in [0.05, 0.1) is 31.6 Å². The van der Waals surface area contributed by atoms with Gasteiger partial charge in [0, 0.05) is 0 Å². The van der Waals surface area contributed by atoms with Gasteiger partial charge < -0.3 is 19.3 Å². The molecule has 2 atom stereocenters. The zero-order chi connectivity index (χ0) is 13.8. The summed E-state index contributed by atoms with van der Waals surface area (Å²) in [5.41, 5.74) is 0.481. The van der Waals surface area contributed by atoms with Gasteiger partial charge in [0.2, 0.25) is 6.79 Å². The summed E-state index contributed by atoms with van der Waals surface area (Å²) in [5, 5.41) is 18.9. The normalized spacial score (nSPS) is 15.4. The van der Waals surface area contributed by atoms with E-state index in [0.29, 0.717) is 17.1 Å². The Labute approximate surface area is 110 Å². The van der Waals surface area contributed by atoms with Crippen LogP contribution in [0.2, 0.25) is 0 Å². The van der Waals surface area contributed by atoms with Crippen LogP contribution >= 0.6 is 0 Å². The van der Waals surface area contributed by atoms with Crippen molar-refractivity contribution in [3.05, 3.63) is 23.8 Å². The number of benzene rings is 1. The topological polar surface area (TPSA) is 88.8 Å². The summed E-state index contributed by atoms with van der Waals surface area (Å²) in [5.74, 6) is -0.440. The molecule has 6 heteroatoms. The van der Waals surface area contributed by atoms with Gasteiger partial charge in [-0.2, -0.15) is 5.26 Å². The molecule has 1 aromatic rings. The second kappa shape index (κ2) is 5.59. The van der Waals surface area contributed by atoms with Gasteiger partial charge in [-0.1, -0.05) is 6.07 Å². The van der Waals surface area contributed by atoms with E-state index in [1.165, 1.54) is 7.11 Å². The van der Waals surface area contributed by atoms with Crippen molar-refractivity contribution in [3.63, 3.8) is 0 Å². The number of hydrogen-bond donors (Lipinski definition) is 1. The summed E-state index contributed by atoms with van der Waals surface area (Å²) in [6, 6.07) is 6.75. The molecule has 1 aliphatic heterocycles. The number of ether oxygens (including phenoxy) is 3. The van der Waals surface area contributed by atoms with Crippen molar-refractivity contribution in [2.75, 3.05) is 13.9 Å². The minimum absolute atomic E-state index is 0.123. The molecule has 0 radical (unpaired) electrons. The molecule has 0 amide bonds. The van der Waals surface area contributed by atoms with E-state index in [0.717, 1.165) is 0 Å². The van der Waals surface area contributed by atoms with Crippen LogP contribution in [0.3, 0.4) is 0 Å². The van der Waals surface area contributed by atoms with Crippen LogP contribution in [0, 0.1) is 17.2 Å². The Morgan fingerprint density at radius 1 is 1.53 bits per heavy atom. The fourth-order valence-corrected chi connectivity index (χ4v) is 1.90. The van der Waals surface area contributed by atoms with Crippen LogP contribution in [0.25, 0.3) is 0 Å². The third kappa shape index (κ3) is 2.61. The second-order valence-electron chi connectivity index (χ2n) is 4.05. The number of esters is 1. The molecule has 0 spiro atoms. The number of carbonyl (C=O) groups excluding carboxylic acids is 1. The number of aliphatic hydroxyl groups is 1. The second-order valence-corrected chi connectivity index (χ2v) is 4.05. The predicted octanol–water partition coefficient (Wildman–Crippen LogP) is 1.15. The number of nitriles is 1. The molecule has 0 saturated heterocycles. The predicted molar refractivity (Wildman–Crippen MR) is 63.3 cm³/mol. The van der Waals surface area contributed by atoms with Crippen LogP contribution in [0.15, 0.2) is 18.2 Å². The minimum Gasteiger partial charge on any atom is -0.469 e. The van der Waals surface area contributed by atoms with E-state index in [9.17, 15) is 9.90 Å². The third-order valence-corrected chi connectivity index (χ3v) is 2.93. The molecule has 2 rings (SSSR count). The van der Waals surface area contributed by atoms with Gasteiger partial charge in [0.25, 0.3) is 0 Å². The van der Waals surface area contributed by atoms with Crippen LogP contribution in [0.1, 0.15) is 18.1 Å². The fraction of sp³-hybridized carbons (Fsp3) is 0.385. The Morgan fingerprint density at radius 2 is 2.26 bits per heavy atom. The van der Waals surface area contributed by atoms with Crippen LogP contribution in [0.4, 0.5) is 0 Å². The molecule has 0 bridgehead atoms. The molecule has 1 N–H and O–H groups in total. The lowest BCUT2D eigenvalue weighted by Gasteiger charge is -2.18. The monoisotopic (exact) mass is 263 g/mol. The molecule has 0 saturated carbocycles. The summed E-state index contributed by atoms with van der Waals surface area (Å²) >= 11 is 0. The summed E-state index contributed by atoms with van der Waals surface area (Å²) in [4.78, 5) is 11.6. The fourth-order valence-electron chi connectivity index (χ4n) is 1.90. The molecule has 1 aromatic carbocycles. The number of hydrogen-bond acceptors (Lipinski definition) is 6. The third-order valence-electron chi connectivity index (χ3n) is 2.93. The van der Waals surface area contributed by atoms with Crippen LogP contribution in [0.5, 0.6) is 11.5 Å². The highest BCUT2D eigenvalue weighted by Crippen LogP contribution is 2.36. The van der Waals surface area contributed by atoms with Crippen molar-refractivity contribution in [3.8, 4) is 17.6 Å². The van der Waals surface area contributed by atoms with Crippen molar-refractivity contribution in [1.29, 1.82) is 5.26 Å². The maximum Gasteiger partial charge on any atom is 0.312 e. The van der Waals surface area contributed by atoms with E-state index in [4.69, 9.17) is 14.7 Å². The largest absolute Gasteiger partial charge is 0.469 e. The molecule has 0 fully saturated rings. The lowest BCUT2D eigenvalue weighted by molar-refractivity contribution is -0.149. The lowest BCUT2D eigenvalue weighted by atomic mass is 9.93. The molecule has 1 heterocycles. The Morgan fingerprint density at radius 3 is 2.95 bits per heavy atom. The maximum atomic E-state index is 11.6. The lowest BCUT2D eigenvalue weighted by Crippen LogP contribution is -2.23. The average molecular weight is 263 g/mol. The zero-order valence-electron chi connectivity index (χ0n) is 10.3. The summed E-state index contributed by atoms with van der Waals surface area (Å²) in [6.07, 6.45) is -1.25. The quantitative estimate of drug-likeness (QED) is 0.820. The smallest absolute Gasteiger partial charge is 0.312 e. The zero-order valence-corrected chi connectivity index (χ0v) is 10.3. The van der Waals surface area contributed by atoms with Gasteiger partial charge in [-0.3, -0.25) is 4.79 Å². The van der Waals surface area contributed by atoms with Gasteiger partial charge in [-0.05, 0) is 17.7 Å². The van der Waals surface area contributed by atoms with E-state index in [-0.39, 0.29) is 13.2 Å². The number of fused-ring (bicyclic) bond motifs is 1. The van der Waals surface area contributed by atoms with Crippen molar-refractivity contribution >= 4 is 5.97 Å². The highest BCUT2D eigenvalue weighted by molar-refractivity contribution is 5.73. The molecule has 0 unspecified atom stereocenters. The van der Waals surface area contributed by atoms with Crippen LogP contribution in [-0.2, 0) is 9.53 Å². The van der Waals surface area contributed by atoms with Crippen molar-refractivity contribution in [1.82, 2.24) is 0 Å². The van der Waals surface area contributed by atoms with Gasteiger partial charge in [-0.25, -0.2) is 0 Å². The molecule has 6 nitrogen and oxygen atoms in total. The van der Waals surface area contributed by atoms with Crippen molar-refractivity contribution < 1.29 is 24.1 Å². The number of aliphatic hydroxyl groups excluding tert-OH is 1. The van der Waals surface area contributed by atoms with E-state index in [2.05, 4.69) is 4.74 Å². The molecule has 19 heavy (non-hydrogen) atoms. The average Bonchev–Trinajstić information content (AvgIpc) is 2.90. The van der Waals surface area contributed by atoms with E-state index in [1.54, 1.807) is 18.2 Å². The van der Waals surface area contributed by atoms with E-state index < -0.39 is 18.0 Å². The number of methoxy groups -OCH3 is 1. The molecule has 0 aliphatic carbocycles. The Hall–Kier alpha value is -2.26. The first-order chi connectivity index (χ1) is 9.17. The minimum atomic E-state index is -1.12. The summed E-state index contributed by atoms with van der Waals surface area (Å²) in [6.45, 7) is 0.132. The first-order valence-corrected chi connectivity index (χ1v) is 5.69. The number of nitrogens with zero attached hydrogens (tertiary/aromatic N) is 1. The van der Waals surface area contributed by atoms with E-state index in [1.807, 2.05) is 6.07 Å². The highest BCUT2D eigenvalue weighted by atomic mass is 16.7. The Balaban J connectivity index is 2.24. The van der Waals surface area contributed by atoms with Crippen LogP contribution < -0.4 is 9.47 Å². The summed E-state index contributed by atoms with van der Waals surface area (Å²) in [7, 11) is 1.22. The first-order valence-electron chi connectivity index (χ1n) is 5.69. The molecule has 100 valence electrons. The van der Waals surface area contributed by atoms with Crippen molar-refractivity contribution in [2.24, 2.45) is 5.92 Å². The number of rotatable bonds is 4. The van der Waals surface area contributed by atoms with E-state index >= 15 is 0 Å². The van der Waals surface area contributed by atoms with Crippen LogP contribution in [-0.4, -0.2) is 25.0 Å². The van der Waals surface area contributed by atoms with Gasteiger partial charge in [0.1, 0.15) is 0 Å². The van der Waals surface area contributed by atoms with Gasteiger partial charge in [0.15, 0.2) is 11.5 Å². The highest BCUT2D eigenvalue weighted by Gasteiger charge is 2.30. The Kier molecular flexibility index (Phi) is 3.88. The maximum absolute atomic E-state index is 11.6. The van der Waals surface area contributed by atoms with Gasteiger partial charge >= 0.3 is 5.97 Å². The molecular formula is C13H13NO5. The summed E-state index contributed by atoms with van der Waals surface area (Å²) < 4.78 is 15.0. The standard InChI is InChI=1S/C13H13NO5/c1-17-13(16)9(4-5-14)12(15)8-2-3-10-11(6-8)19-7-18-10/h2-3,6,9,12,15H,4,7H2,1H3/t9-,12-/m0/s1. The molecular weight excluding hydrogens is 250 g/mol. The Bertz CT molecular complexity index is 522. The first kappa shape index (κ1) is 13.2. The van der Waals surface area contributed by atoms with Crippen molar-refractivity contribution in [2.45, 2.75) is 12.5 Å². The SMILES string of the molecule is COC(=O)[C@@H](CC#N)[C@@H](O)c1ccc2c(c1)OCO2. The number of carbonyl (C=O) groups is 1.